The predicted molar refractivity (Wildman–Crippen MR) is 151 cm³/mol. The van der Waals surface area contributed by atoms with Gasteiger partial charge in [0.2, 0.25) is 11.7 Å². The molecule has 2 aromatic heterocycles. The number of anilines is 1. The minimum atomic E-state index is -4.01. The molecule has 0 aliphatic carbocycles. The van der Waals surface area contributed by atoms with Gasteiger partial charge < -0.3 is 5.73 Å². The van der Waals surface area contributed by atoms with Gasteiger partial charge in [-0.15, -0.1) is 11.3 Å². The molecule has 9 heteroatoms. The second kappa shape index (κ2) is 9.85. The van der Waals surface area contributed by atoms with Crippen LogP contribution in [-0.4, -0.2) is 25.1 Å². The maximum Gasteiger partial charge on any atom is 0.264 e. The van der Waals surface area contributed by atoms with E-state index in [9.17, 15) is 18.0 Å². The van der Waals surface area contributed by atoms with E-state index in [0.29, 0.717) is 20.8 Å². The lowest BCUT2D eigenvalue weighted by molar-refractivity contribution is -0.117. The number of amides is 1. The third-order valence-electron chi connectivity index (χ3n) is 6.04. The first-order valence-corrected chi connectivity index (χ1v) is 14.0. The van der Waals surface area contributed by atoms with Gasteiger partial charge >= 0.3 is 0 Å². The normalized spacial score (nSPS) is 11.4. The number of thiophene rings is 1. The number of nitrogens with one attached hydrogen (secondary N) is 1. The highest BCUT2D eigenvalue weighted by Crippen LogP contribution is 2.42. The Kier molecular flexibility index (Phi) is 6.56. The zero-order valence-electron chi connectivity index (χ0n) is 20.6. The van der Waals surface area contributed by atoms with Crippen LogP contribution in [0.1, 0.15) is 27.7 Å². The number of ketones is 1. The number of nitrogens with two attached hydrogens (primary N) is 1. The second-order valence-corrected chi connectivity index (χ2v) is 11.5. The number of aryl methyl sites for hydroxylation is 1. The summed E-state index contributed by atoms with van der Waals surface area (Å²) in [6, 6.07) is 25.2. The summed E-state index contributed by atoms with van der Waals surface area (Å²) >= 11 is 1.20. The van der Waals surface area contributed by atoms with Crippen LogP contribution in [0.3, 0.4) is 0 Å². The van der Waals surface area contributed by atoms with E-state index >= 15 is 0 Å². The first-order chi connectivity index (χ1) is 18.1. The molecule has 0 radical (unpaired) electrons. The molecule has 38 heavy (non-hydrogen) atoms. The molecule has 2 heterocycles. The van der Waals surface area contributed by atoms with Gasteiger partial charge in [0.25, 0.3) is 10.0 Å². The number of nitrogens with zero attached hydrogens (tertiary/aromatic N) is 1. The molecule has 0 fully saturated rings. The second-order valence-electron chi connectivity index (χ2n) is 8.83. The monoisotopic (exact) mass is 541 g/mol. The number of pyridine rings is 1. The Labute approximate surface area is 224 Å². The molecular weight excluding hydrogens is 518 g/mol. The van der Waals surface area contributed by atoms with Crippen LogP contribution in [0.15, 0.2) is 89.8 Å². The van der Waals surface area contributed by atoms with E-state index in [2.05, 4.69) is 0 Å². The number of aromatic nitrogens is 1. The fraction of sp³-hybridized carbons (Fsp3) is 0.0690. The number of rotatable bonds is 6. The van der Waals surface area contributed by atoms with Crippen molar-refractivity contribution >= 4 is 49.0 Å². The summed E-state index contributed by atoms with van der Waals surface area (Å²) in [5, 5.41) is 0.701. The molecule has 0 bridgehead atoms. The summed E-state index contributed by atoms with van der Waals surface area (Å²) in [4.78, 5) is 30.4. The zero-order chi connectivity index (χ0) is 27.0. The molecule has 5 rings (SSSR count). The van der Waals surface area contributed by atoms with Crippen LogP contribution in [0.25, 0.3) is 32.6 Å². The van der Waals surface area contributed by atoms with E-state index in [0.717, 1.165) is 34.9 Å². The van der Waals surface area contributed by atoms with Gasteiger partial charge in [-0.25, -0.2) is 18.1 Å². The number of carbonyl (C=O) groups excluding carboxylic acids is 2. The molecule has 0 saturated carbocycles. The van der Waals surface area contributed by atoms with Crippen LogP contribution in [-0.2, 0) is 14.8 Å². The van der Waals surface area contributed by atoms with Crippen LogP contribution in [0.5, 0.6) is 0 Å². The molecule has 0 atom stereocenters. The van der Waals surface area contributed by atoms with Crippen molar-refractivity contribution in [3.05, 3.63) is 101 Å². The Morgan fingerprint density at radius 3 is 2.18 bits per heavy atom. The highest BCUT2D eigenvalue weighted by atomic mass is 32.2. The number of carbonyl (C=O) groups is 2. The van der Waals surface area contributed by atoms with E-state index in [1.807, 2.05) is 72.3 Å². The molecule has 0 saturated heterocycles. The van der Waals surface area contributed by atoms with E-state index in [4.69, 9.17) is 10.7 Å². The fourth-order valence-corrected chi connectivity index (χ4v) is 6.24. The minimum absolute atomic E-state index is 0.121. The van der Waals surface area contributed by atoms with Gasteiger partial charge in [0, 0.05) is 23.4 Å². The van der Waals surface area contributed by atoms with Crippen LogP contribution in [0.2, 0.25) is 0 Å². The Bertz CT molecular complexity index is 1790. The van der Waals surface area contributed by atoms with Gasteiger partial charge in [0.15, 0.2) is 0 Å². The maximum absolute atomic E-state index is 13.5. The summed E-state index contributed by atoms with van der Waals surface area (Å²) < 4.78 is 26.4. The third-order valence-corrected chi connectivity index (χ3v) is 8.59. The highest BCUT2D eigenvalue weighted by Gasteiger charge is 2.23. The zero-order valence-corrected chi connectivity index (χ0v) is 22.2. The Morgan fingerprint density at radius 2 is 1.55 bits per heavy atom. The summed E-state index contributed by atoms with van der Waals surface area (Å²) in [7, 11) is -4.01. The van der Waals surface area contributed by atoms with E-state index in [-0.39, 0.29) is 16.2 Å². The van der Waals surface area contributed by atoms with E-state index in [1.54, 1.807) is 0 Å². The Balaban J connectivity index is 1.63. The largest absolute Gasteiger partial charge is 0.397 e. The van der Waals surface area contributed by atoms with Gasteiger partial charge in [0.1, 0.15) is 9.71 Å². The van der Waals surface area contributed by atoms with Crippen LogP contribution < -0.4 is 10.5 Å². The van der Waals surface area contributed by atoms with Crippen molar-refractivity contribution in [1.29, 1.82) is 0 Å². The third kappa shape index (κ3) is 4.81. The van der Waals surface area contributed by atoms with Crippen molar-refractivity contribution < 1.29 is 18.0 Å². The number of benzene rings is 3. The van der Waals surface area contributed by atoms with E-state index < -0.39 is 15.9 Å². The molecule has 0 aliphatic rings. The van der Waals surface area contributed by atoms with Crippen molar-refractivity contribution in [2.45, 2.75) is 18.7 Å². The lowest BCUT2D eigenvalue weighted by Gasteiger charge is -2.09. The van der Waals surface area contributed by atoms with Crippen LogP contribution >= 0.6 is 11.3 Å². The van der Waals surface area contributed by atoms with Crippen molar-refractivity contribution in [1.82, 2.24) is 9.71 Å². The number of nitrogen functional groups attached to an aromatic ring is 1. The quantitative estimate of drug-likeness (QED) is 0.271. The lowest BCUT2D eigenvalue weighted by atomic mass is 9.98. The molecule has 1 amide bonds. The van der Waals surface area contributed by atoms with Crippen molar-refractivity contribution in [3.8, 4) is 22.4 Å². The molecule has 7 nitrogen and oxygen atoms in total. The number of sulfonamides is 1. The predicted octanol–water partition coefficient (Wildman–Crippen LogP) is 5.58. The van der Waals surface area contributed by atoms with Crippen molar-refractivity contribution in [2.24, 2.45) is 0 Å². The van der Waals surface area contributed by atoms with Gasteiger partial charge in [0.05, 0.1) is 16.3 Å². The molecular formula is C29H23N3O4S2. The smallest absolute Gasteiger partial charge is 0.264 e. The average molecular weight is 542 g/mol. The standard InChI is InChI=1S/C29H23N3O4S2/c1-17-8-10-19(11-9-17)23-16-24(20-6-4-3-5-7-20)31-29-25(23)26(30)28(37-29)27(34)21-12-14-22(15-13-21)38(35,36)32-18(2)33/h3-16H,30H2,1-2H3,(H,32,33). The van der Waals surface area contributed by atoms with Gasteiger partial charge in [-0.3, -0.25) is 9.59 Å². The molecule has 5 aromatic rings. The highest BCUT2D eigenvalue weighted by molar-refractivity contribution is 7.90. The summed E-state index contributed by atoms with van der Waals surface area (Å²) in [5.41, 5.74) is 11.9. The molecule has 3 N–H and O–H groups in total. The number of hydrogen-bond donors (Lipinski definition) is 2. The Hall–Kier alpha value is -4.34. The van der Waals surface area contributed by atoms with Crippen molar-refractivity contribution in [3.63, 3.8) is 0 Å². The minimum Gasteiger partial charge on any atom is -0.397 e. The maximum atomic E-state index is 13.5. The molecule has 190 valence electrons. The van der Waals surface area contributed by atoms with Gasteiger partial charge in [-0.2, -0.15) is 0 Å². The number of fused-ring (bicyclic) bond motifs is 1. The van der Waals surface area contributed by atoms with Gasteiger partial charge in [-0.05, 0) is 48.4 Å². The molecule has 0 unspecified atom stereocenters. The SMILES string of the molecule is CC(=O)NS(=O)(=O)c1ccc(C(=O)c2sc3nc(-c4ccccc4)cc(-c4ccc(C)cc4)c3c2N)cc1. The molecule has 0 aliphatic heterocycles. The Morgan fingerprint density at radius 1 is 0.895 bits per heavy atom. The summed E-state index contributed by atoms with van der Waals surface area (Å²) in [5.74, 6) is -1.04. The summed E-state index contributed by atoms with van der Waals surface area (Å²) in [6.07, 6.45) is 0. The first kappa shape index (κ1) is 25.3. The topological polar surface area (TPSA) is 119 Å². The van der Waals surface area contributed by atoms with Crippen LogP contribution in [0, 0.1) is 6.92 Å². The molecule has 0 spiro atoms. The van der Waals surface area contributed by atoms with Crippen LogP contribution in [0.4, 0.5) is 5.69 Å². The molecule has 3 aromatic carbocycles. The number of hydrogen-bond acceptors (Lipinski definition) is 7. The average Bonchev–Trinajstić information content (AvgIpc) is 3.24. The fourth-order valence-electron chi connectivity index (χ4n) is 4.17. The lowest BCUT2D eigenvalue weighted by Crippen LogP contribution is -2.28. The van der Waals surface area contributed by atoms with Gasteiger partial charge in [-0.1, -0.05) is 60.2 Å². The van der Waals surface area contributed by atoms with Crippen molar-refractivity contribution in [2.75, 3.05) is 5.73 Å². The van der Waals surface area contributed by atoms with E-state index in [1.165, 1.54) is 35.6 Å². The summed E-state index contributed by atoms with van der Waals surface area (Å²) in [6.45, 7) is 3.13. The first-order valence-electron chi connectivity index (χ1n) is 11.7.